The first-order chi connectivity index (χ1) is 9.24. The van der Waals surface area contributed by atoms with Gasteiger partial charge in [-0.1, -0.05) is 18.2 Å². The second-order valence-electron chi connectivity index (χ2n) is 5.61. The fourth-order valence-electron chi connectivity index (χ4n) is 2.84. The molecule has 3 heteroatoms. The van der Waals surface area contributed by atoms with E-state index in [1.807, 2.05) is 0 Å². The van der Waals surface area contributed by atoms with Gasteiger partial charge in [0.2, 0.25) is 0 Å². The van der Waals surface area contributed by atoms with E-state index in [2.05, 4.69) is 59.8 Å². The molecule has 1 aromatic heterocycles. The van der Waals surface area contributed by atoms with Crippen LogP contribution in [0.4, 0.5) is 0 Å². The third kappa shape index (κ3) is 2.67. The van der Waals surface area contributed by atoms with Crippen LogP contribution in [0.25, 0.3) is 10.9 Å². The van der Waals surface area contributed by atoms with Crippen LogP contribution in [0.15, 0.2) is 36.5 Å². The molecule has 1 aromatic carbocycles. The SMILES string of the molecule is CC(C)N1CCOC(Cn2ccc3ccccc32)C1. The van der Waals surface area contributed by atoms with Crippen LogP contribution >= 0.6 is 0 Å². The van der Waals surface area contributed by atoms with Crippen LogP contribution in [0.1, 0.15) is 13.8 Å². The van der Waals surface area contributed by atoms with E-state index < -0.39 is 0 Å². The molecule has 2 heterocycles. The van der Waals surface area contributed by atoms with Gasteiger partial charge in [0.15, 0.2) is 0 Å². The zero-order valence-corrected chi connectivity index (χ0v) is 11.7. The number of benzene rings is 1. The number of hydrogen-bond donors (Lipinski definition) is 0. The van der Waals surface area contributed by atoms with Gasteiger partial charge in [0.1, 0.15) is 0 Å². The highest BCUT2D eigenvalue weighted by atomic mass is 16.5. The van der Waals surface area contributed by atoms with Gasteiger partial charge in [-0.2, -0.15) is 0 Å². The van der Waals surface area contributed by atoms with Crippen molar-refractivity contribution < 1.29 is 4.74 Å². The fraction of sp³-hybridized carbons (Fsp3) is 0.500. The molecule has 1 unspecified atom stereocenters. The van der Waals surface area contributed by atoms with Crippen LogP contribution < -0.4 is 0 Å². The number of fused-ring (bicyclic) bond motifs is 1. The summed E-state index contributed by atoms with van der Waals surface area (Å²) in [6.07, 6.45) is 2.47. The normalized spacial score (nSPS) is 21.3. The standard InChI is InChI=1S/C16H22N2O/c1-13(2)17-9-10-19-15(11-17)12-18-8-7-14-5-3-4-6-16(14)18/h3-8,13,15H,9-12H2,1-2H3. The molecule has 0 spiro atoms. The summed E-state index contributed by atoms with van der Waals surface area (Å²) in [6.45, 7) is 8.39. The summed E-state index contributed by atoms with van der Waals surface area (Å²) in [5, 5.41) is 1.30. The van der Waals surface area contributed by atoms with Crippen LogP contribution in [0.3, 0.4) is 0 Å². The number of ether oxygens (including phenoxy) is 1. The molecular weight excluding hydrogens is 236 g/mol. The van der Waals surface area contributed by atoms with Gasteiger partial charge in [-0.25, -0.2) is 0 Å². The summed E-state index contributed by atoms with van der Waals surface area (Å²) in [6, 6.07) is 11.3. The van der Waals surface area contributed by atoms with Crippen LogP contribution in [-0.2, 0) is 11.3 Å². The van der Waals surface area contributed by atoms with Gasteiger partial charge in [0.25, 0.3) is 0 Å². The molecule has 0 amide bonds. The van der Waals surface area contributed by atoms with Crippen molar-refractivity contribution >= 4 is 10.9 Å². The summed E-state index contributed by atoms with van der Waals surface area (Å²) < 4.78 is 8.23. The van der Waals surface area contributed by atoms with E-state index in [-0.39, 0.29) is 0 Å². The van der Waals surface area contributed by atoms with Crippen molar-refractivity contribution in [2.45, 2.75) is 32.5 Å². The molecule has 0 N–H and O–H groups in total. The summed E-state index contributed by atoms with van der Waals surface area (Å²) in [4.78, 5) is 2.50. The van der Waals surface area contributed by atoms with E-state index in [1.54, 1.807) is 0 Å². The molecule has 0 saturated carbocycles. The average Bonchev–Trinajstić information content (AvgIpc) is 2.83. The molecular formula is C16H22N2O. The fourth-order valence-corrected chi connectivity index (χ4v) is 2.84. The van der Waals surface area contributed by atoms with Crippen LogP contribution in [0.2, 0.25) is 0 Å². The van der Waals surface area contributed by atoms with Crippen LogP contribution in [0, 0.1) is 0 Å². The number of hydrogen-bond acceptors (Lipinski definition) is 2. The van der Waals surface area contributed by atoms with E-state index in [0.29, 0.717) is 12.1 Å². The van der Waals surface area contributed by atoms with Crippen LogP contribution in [-0.4, -0.2) is 41.3 Å². The van der Waals surface area contributed by atoms with Gasteiger partial charge in [-0.05, 0) is 31.4 Å². The Morgan fingerprint density at radius 1 is 1.26 bits per heavy atom. The maximum Gasteiger partial charge on any atom is 0.0881 e. The Bertz CT molecular complexity index is 546. The lowest BCUT2D eigenvalue weighted by atomic mass is 10.2. The van der Waals surface area contributed by atoms with E-state index in [9.17, 15) is 0 Å². The maximum atomic E-state index is 5.92. The Hall–Kier alpha value is -1.32. The number of nitrogens with zero attached hydrogens (tertiary/aromatic N) is 2. The topological polar surface area (TPSA) is 17.4 Å². The molecule has 3 nitrogen and oxygen atoms in total. The number of rotatable bonds is 3. The molecule has 102 valence electrons. The van der Waals surface area contributed by atoms with Gasteiger partial charge < -0.3 is 9.30 Å². The van der Waals surface area contributed by atoms with Crippen molar-refractivity contribution in [2.75, 3.05) is 19.7 Å². The highest BCUT2D eigenvalue weighted by Crippen LogP contribution is 2.17. The Labute approximate surface area is 114 Å². The predicted octanol–water partition coefficient (Wildman–Crippen LogP) is 2.75. The van der Waals surface area contributed by atoms with E-state index in [0.717, 1.165) is 26.2 Å². The Morgan fingerprint density at radius 3 is 2.95 bits per heavy atom. The molecule has 1 atom stereocenters. The lowest BCUT2D eigenvalue weighted by Crippen LogP contribution is -2.47. The average molecular weight is 258 g/mol. The zero-order valence-electron chi connectivity index (χ0n) is 11.7. The summed E-state index contributed by atoms with van der Waals surface area (Å²) in [5.74, 6) is 0. The van der Waals surface area contributed by atoms with Crippen molar-refractivity contribution in [3.8, 4) is 0 Å². The first kappa shape index (κ1) is 12.7. The molecule has 2 aromatic rings. The first-order valence-corrected chi connectivity index (χ1v) is 7.13. The molecule has 3 rings (SSSR count). The Kier molecular flexibility index (Phi) is 3.58. The monoisotopic (exact) mass is 258 g/mol. The summed E-state index contributed by atoms with van der Waals surface area (Å²) >= 11 is 0. The Balaban J connectivity index is 1.74. The lowest BCUT2D eigenvalue weighted by Gasteiger charge is -2.35. The number of aromatic nitrogens is 1. The summed E-state index contributed by atoms with van der Waals surface area (Å²) in [7, 11) is 0. The minimum Gasteiger partial charge on any atom is -0.374 e. The van der Waals surface area contributed by atoms with Gasteiger partial charge in [-0.15, -0.1) is 0 Å². The van der Waals surface area contributed by atoms with Crippen molar-refractivity contribution in [3.63, 3.8) is 0 Å². The summed E-state index contributed by atoms with van der Waals surface area (Å²) in [5.41, 5.74) is 1.30. The number of morpholine rings is 1. The highest BCUT2D eigenvalue weighted by Gasteiger charge is 2.22. The smallest absolute Gasteiger partial charge is 0.0881 e. The molecule has 0 bridgehead atoms. The van der Waals surface area contributed by atoms with Crippen molar-refractivity contribution in [1.29, 1.82) is 0 Å². The third-order valence-corrected chi connectivity index (χ3v) is 3.98. The quantitative estimate of drug-likeness (QED) is 0.842. The highest BCUT2D eigenvalue weighted by molar-refractivity contribution is 5.79. The van der Waals surface area contributed by atoms with Crippen molar-refractivity contribution in [3.05, 3.63) is 36.5 Å². The van der Waals surface area contributed by atoms with Gasteiger partial charge in [0.05, 0.1) is 19.3 Å². The van der Waals surface area contributed by atoms with Gasteiger partial charge >= 0.3 is 0 Å². The largest absolute Gasteiger partial charge is 0.374 e. The molecule has 1 saturated heterocycles. The Morgan fingerprint density at radius 2 is 2.11 bits per heavy atom. The lowest BCUT2D eigenvalue weighted by molar-refractivity contribution is -0.0451. The van der Waals surface area contributed by atoms with Gasteiger partial charge in [0, 0.05) is 30.8 Å². The number of para-hydroxylation sites is 1. The van der Waals surface area contributed by atoms with Crippen molar-refractivity contribution in [1.82, 2.24) is 9.47 Å². The molecule has 0 aliphatic carbocycles. The molecule has 19 heavy (non-hydrogen) atoms. The molecule has 1 aliphatic heterocycles. The minimum atomic E-state index is 0.298. The predicted molar refractivity (Wildman–Crippen MR) is 78.4 cm³/mol. The van der Waals surface area contributed by atoms with Crippen molar-refractivity contribution in [2.24, 2.45) is 0 Å². The second-order valence-corrected chi connectivity index (χ2v) is 5.61. The molecule has 1 aliphatic rings. The molecule has 1 fully saturated rings. The maximum absolute atomic E-state index is 5.92. The van der Waals surface area contributed by atoms with Gasteiger partial charge in [-0.3, -0.25) is 4.90 Å². The van der Waals surface area contributed by atoms with E-state index in [4.69, 9.17) is 4.74 Å². The van der Waals surface area contributed by atoms with Crippen LogP contribution in [0.5, 0.6) is 0 Å². The zero-order chi connectivity index (χ0) is 13.2. The third-order valence-electron chi connectivity index (χ3n) is 3.98. The van der Waals surface area contributed by atoms with E-state index >= 15 is 0 Å². The molecule has 0 radical (unpaired) electrons. The second kappa shape index (κ2) is 5.35. The minimum absolute atomic E-state index is 0.298. The van der Waals surface area contributed by atoms with E-state index in [1.165, 1.54) is 10.9 Å². The first-order valence-electron chi connectivity index (χ1n) is 7.13.